The number of amides is 1. The summed E-state index contributed by atoms with van der Waals surface area (Å²) in [4.78, 5) is 24.6. The number of carbonyl (C=O) groups is 1. The molecule has 3 aromatic heterocycles. The maximum Gasteiger partial charge on any atom is 0.266 e. The first-order valence-electron chi connectivity index (χ1n) is 9.10. The minimum atomic E-state index is -0.249. The summed E-state index contributed by atoms with van der Waals surface area (Å²) in [5, 5.41) is 15.5. The van der Waals surface area contributed by atoms with Gasteiger partial charge in [-0.1, -0.05) is 18.2 Å². The number of benzene rings is 1. The van der Waals surface area contributed by atoms with E-state index in [1.807, 2.05) is 37.3 Å². The second kappa shape index (κ2) is 7.93. The average Bonchev–Trinajstić information content (AvgIpc) is 3.40. The summed E-state index contributed by atoms with van der Waals surface area (Å²) in [6.45, 7) is 2.34. The second-order valence-corrected chi connectivity index (χ2v) is 6.35. The molecular formula is C20H19N7O2. The van der Waals surface area contributed by atoms with Crippen LogP contribution in [0.3, 0.4) is 0 Å². The van der Waals surface area contributed by atoms with Crippen LogP contribution in [0, 0.1) is 6.92 Å². The van der Waals surface area contributed by atoms with Crippen molar-refractivity contribution in [2.24, 2.45) is 0 Å². The van der Waals surface area contributed by atoms with Crippen molar-refractivity contribution in [2.45, 2.75) is 13.5 Å². The number of para-hydroxylation sites is 1. The molecule has 0 aliphatic heterocycles. The first kappa shape index (κ1) is 18.4. The van der Waals surface area contributed by atoms with Crippen LogP contribution in [-0.4, -0.2) is 41.8 Å². The summed E-state index contributed by atoms with van der Waals surface area (Å²) in [7, 11) is 0. The number of rotatable bonds is 6. The number of nitrogens with one attached hydrogen (secondary N) is 1. The molecule has 0 saturated carbocycles. The van der Waals surface area contributed by atoms with Gasteiger partial charge in [0.05, 0.1) is 29.7 Å². The largest absolute Gasteiger partial charge is 0.350 e. The van der Waals surface area contributed by atoms with E-state index in [4.69, 9.17) is 0 Å². The lowest BCUT2D eigenvalue weighted by Crippen LogP contribution is -2.32. The Morgan fingerprint density at radius 2 is 1.90 bits per heavy atom. The third kappa shape index (κ3) is 3.84. The van der Waals surface area contributed by atoms with Crippen molar-refractivity contribution in [3.63, 3.8) is 0 Å². The van der Waals surface area contributed by atoms with Gasteiger partial charge in [0.15, 0.2) is 5.82 Å². The standard InChI is InChI=1S/C20H19N7O2/c1-15-17(14-23-27(15)16-6-3-2-4-7-16)20(29)21-11-13-26-19(28)9-8-18(24-26)25-12-5-10-22-25/h2-10,12,14H,11,13H2,1H3,(H,21,29). The molecule has 9 heteroatoms. The average molecular weight is 389 g/mol. The number of hydrogen-bond acceptors (Lipinski definition) is 5. The predicted octanol–water partition coefficient (Wildman–Crippen LogP) is 1.35. The Morgan fingerprint density at radius 3 is 2.66 bits per heavy atom. The van der Waals surface area contributed by atoms with Crippen molar-refractivity contribution < 1.29 is 4.79 Å². The normalized spacial score (nSPS) is 10.8. The fraction of sp³-hybridized carbons (Fsp3) is 0.150. The molecule has 4 aromatic rings. The van der Waals surface area contributed by atoms with Gasteiger partial charge in [0.2, 0.25) is 0 Å². The van der Waals surface area contributed by atoms with Gasteiger partial charge in [0.25, 0.3) is 11.5 Å². The van der Waals surface area contributed by atoms with Crippen molar-refractivity contribution in [1.29, 1.82) is 0 Å². The van der Waals surface area contributed by atoms with Gasteiger partial charge < -0.3 is 5.32 Å². The number of aromatic nitrogens is 6. The number of nitrogens with zero attached hydrogens (tertiary/aromatic N) is 6. The third-order valence-electron chi connectivity index (χ3n) is 4.46. The van der Waals surface area contributed by atoms with E-state index in [0.29, 0.717) is 11.4 Å². The Morgan fingerprint density at radius 1 is 1.07 bits per heavy atom. The summed E-state index contributed by atoms with van der Waals surface area (Å²) >= 11 is 0. The lowest BCUT2D eigenvalue weighted by atomic mass is 10.2. The van der Waals surface area contributed by atoms with Crippen molar-refractivity contribution in [3.05, 3.63) is 88.7 Å². The van der Waals surface area contributed by atoms with Crippen molar-refractivity contribution in [1.82, 2.24) is 34.7 Å². The van der Waals surface area contributed by atoms with Gasteiger partial charge in [0, 0.05) is 25.0 Å². The topological polar surface area (TPSA) is 99.6 Å². The van der Waals surface area contributed by atoms with Crippen LogP contribution in [0.2, 0.25) is 0 Å². The first-order valence-corrected chi connectivity index (χ1v) is 9.10. The maximum absolute atomic E-state index is 12.6. The van der Waals surface area contributed by atoms with Crippen LogP contribution in [0.4, 0.5) is 0 Å². The van der Waals surface area contributed by atoms with Gasteiger partial charge in [-0.2, -0.15) is 10.2 Å². The summed E-state index contributed by atoms with van der Waals surface area (Å²) in [5.74, 6) is 0.280. The fourth-order valence-corrected chi connectivity index (χ4v) is 2.96. The Bertz CT molecular complexity index is 1180. The summed E-state index contributed by atoms with van der Waals surface area (Å²) in [6.07, 6.45) is 4.92. The predicted molar refractivity (Wildman–Crippen MR) is 106 cm³/mol. The highest BCUT2D eigenvalue weighted by molar-refractivity contribution is 5.95. The molecule has 0 saturated heterocycles. The van der Waals surface area contributed by atoms with E-state index in [9.17, 15) is 9.59 Å². The minimum Gasteiger partial charge on any atom is -0.350 e. The lowest BCUT2D eigenvalue weighted by Gasteiger charge is -2.09. The quantitative estimate of drug-likeness (QED) is 0.537. The number of hydrogen-bond donors (Lipinski definition) is 1. The van der Waals surface area contributed by atoms with Gasteiger partial charge in [0.1, 0.15) is 0 Å². The maximum atomic E-state index is 12.6. The molecule has 29 heavy (non-hydrogen) atoms. The highest BCUT2D eigenvalue weighted by Crippen LogP contribution is 2.13. The molecule has 1 amide bonds. The Balaban J connectivity index is 1.43. The van der Waals surface area contributed by atoms with Crippen LogP contribution in [0.25, 0.3) is 11.5 Å². The summed E-state index contributed by atoms with van der Waals surface area (Å²) in [5.41, 5.74) is 1.86. The second-order valence-electron chi connectivity index (χ2n) is 6.35. The Labute approximate surface area is 166 Å². The van der Waals surface area contributed by atoms with Crippen LogP contribution in [0.15, 0.2) is 71.9 Å². The highest BCUT2D eigenvalue weighted by Gasteiger charge is 2.15. The summed E-state index contributed by atoms with van der Waals surface area (Å²) < 4.78 is 4.59. The third-order valence-corrected chi connectivity index (χ3v) is 4.46. The van der Waals surface area contributed by atoms with Gasteiger partial charge in [-0.25, -0.2) is 14.0 Å². The van der Waals surface area contributed by atoms with E-state index in [1.54, 1.807) is 40.1 Å². The van der Waals surface area contributed by atoms with Crippen LogP contribution in [-0.2, 0) is 6.54 Å². The molecule has 0 unspecified atom stereocenters. The van der Waals surface area contributed by atoms with Gasteiger partial charge in [-0.15, -0.1) is 5.10 Å². The molecule has 0 spiro atoms. The molecule has 0 aliphatic carbocycles. The highest BCUT2D eigenvalue weighted by atomic mass is 16.2. The molecular weight excluding hydrogens is 370 g/mol. The molecule has 9 nitrogen and oxygen atoms in total. The smallest absolute Gasteiger partial charge is 0.266 e. The number of carbonyl (C=O) groups excluding carboxylic acids is 1. The molecule has 3 heterocycles. The fourth-order valence-electron chi connectivity index (χ4n) is 2.96. The first-order chi connectivity index (χ1) is 14.1. The monoisotopic (exact) mass is 389 g/mol. The van der Waals surface area contributed by atoms with Crippen LogP contribution < -0.4 is 10.9 Å². The van der Waals surface area contributed by atoms with E-state index in [1.165, 1.54) is 10.7 Å². The lowest BCUT2D eigenvalue weighted by molar-refractivity contribution is 0.0951. The van der Waals surface area contributed by atoms with Crippen molar-refractivity contribution in [3.8, 4) is 11.5 Å². The molecule has 0 bridgehead atoms. The van der Waals surface area contributed by atoms with Crippen molar-refractivity contribution >= 4 is 5.91 Å². The molecule has 0 fully saturated rings. The molecule has 1 aromatic carbocycles. The van der Waals surface area contributed by atoms with E-state index < -0.39 is 0 Å². The van der Waals surface area contributed by atoms with E-state index in [0.717, 1.165) is 11.4 Å². The molecule has 0 atom stereocenters. The van der Waals surface area contributed by atoms with Gasteiger partial charge in [-0.05, 0) is 31.2 Å². The SMILES string of the molecule is Cc1c(C(=O)NCCn2nc(-n3cccn3)ccc2=O)cnn1-c1ccccc1. The van der Waals surface area contributed by atoms with Crippen molar-refractivity contribution in [2.75, 3.05) is 6.54 Å². The van der Waals surface area contributed by atoms with E-state index in [2.05, 4.69) is 20.6 Å². The molecule has 0 aliphatic rings. The van der Waals surface area contributed by atoms with Gasteiger partial charge in [-0.3, -0.25) is 9.59 Å². The van der Waals surface area contributed by atoms with Gasteiger partial charge >= 0.3 is 0 Å². The van der Waals surface area contributed by atoms with Crippen LogP contribution >= 0.6 is 0 Å². The van der Waals surface area contributed by atoms with Crippen LogP contribution in [0.1, 0.15) is 16.1 Å². The van der Waals surface area contributed by atoms with E-state index >= 15 is 0 Å². The van der Waals surface area contributed by atoms with E-state index in [-0.39, 0.29) is 24.6 Å². The molecule has 1 N–H and O–H groups in total. The zero-order valence-corrected chi connectivity index (χ0v) is 15.8. The minimum absolute atomic E-state index is 0.242. The summed E-state index contributed by atoms with van der Waals surface area (Å²) in [6, 6.07) is 14.4. The van der Waals surface area contributed by atoms with Crippen LogP contribution in [0.5, 0.6) is 0 Å². The molecule has 146 valence electrons. The zero-order valence-electron chi connectivity index (χ0n) is 15.8. The Hall–Kier alpha value is -4.01. The molecule has 0 radical (unpaired) electrons. The molecule has 4 rings (SSSR count). The zero-order chi connectivity index (χ0) is 20.2. The Kier molecular flexibility index (Phi) is 5.02.